The zero-order valence-electron chi connectivity index (χ0n) is 9.20. The number of aromatic nitrogens is 2. The number of rotatable bonds is 5. The van der Waals surface area contributed by atoms with Crippen LogP contribution in [-0.4, -0.2) is 27.9 Å². The minimum Gasteiger partial charge on any atom is -0.481 e. The molecule has 1 aromatic heterocycles. The van der Waals surface area contributed by atoms with Gasteiger partial charge in [-0.05, 0) is 13.3 Å². The van der Waals surface area contributed by atoms with E-state index in [4.69, 9.17) is 4.74 Å². The second-order valence-electron chi connectivity index (χ2n) is 3.51. The van der Waals surface area contributed by atoms with Gasteiger partial charge in [0.25, 0.3) is 0 Å². The Kier molecular flexibility index (Phi) is 4.81. The molecule has 84 valence electrons. The van der Waals surface area contributed by atoms with Gasteiger partial charge in [0, 0.05) is 16.9 Å². The summed E-state index contributed by atoms with van der Waals surface area (Å²) in [6, 6.07) is 2.15. The number of alkyl halides is 1. The van der Waals surface area contributed by atoms with Crippen LogP contribution in [0.3, 0.4) is 0 Å². The molecule has 2 atom stereocenters. The summed E-state index contributed by atoms with van der Waals surface area (Å²) in [6.45, 7) is 4.24. The van der Waals surface area contributed by atoms with E-state index in [1.807, 2.05) is 0 Å². The van der Waals surface area contributed by atoms with Crippen LogP contribution in [0, 0.1) is 0 Å². The zero-order chi connectivity index (χ0) is 11.3. The normalized spacial score (nSPS) is 14.4. The SMILES string of the molecule is COc1cc(NC(C)CC(C)Br)ncn1. The van der Waals surface area contributed by atoms with Crippen LogP contribution in [0.5, 0.6) is 5.88 Å². The van der Waals surface area contributed by atoms with Crippen molar-refractivity contribution in [1.82, 2.24) is 9.97 Å². The second-order valence-corrected chi connectivity index (χ2v) is 5.07. The molecule has 0 radical (unpaired) electrons. The molecule has 0 aliphatic heterocycles. The van der Waals surface area contributed by atoms with E-state index < -0.39 is 0 Å². The Balaban J connectivity index is 2.55. The van der Waals surface area contributed by atoms with Gasteiger partial charge in [-0.25, -0.2) is 9.97 Å². The molecule has 0 aromatic carbocycles. The highest BCUT2D eigenvalue weighted by Gasteiger charge is 2.07. The van der Waals surface area contributed by atoms with Crippen LogP contribution in [0.1, 0.15) is 20.3 Å². The lowest BCUT2D eigenvalue weighted by Crippen LogP contribution is -2.19. The molecular formula is C10H16BrN3O. The van der Waals surface area contributed by atoms with Crippen molar-refractivity contribution >= 4 is 21.7 Å². The van der Waals surface area contributed by atoms with Crippen LogP contribution >= 0.6 is 15.9 Å². The molecule has 1 aromatic rings. The first-order valence-electron chi connectivity index (χ1n) is 4.88. The van der Waals surface area contributed by atoms with Crippen molar-refractivity contribution in [3.63, 3.8) is 0 Å². The molecule has 4 nitrogen and oxygen atoms in total. The maximum atomic E-state index is 5.02. The van der Waals surface area contributed by atoms with Gasteiger partial charge < -0.3 is 10.1 Å². The van der Waals surface area contributed by atoms with E-state index in [9.17, 15) is 0 Å². The average Bonchev–Trinajstić information content (AvgIpc) is 2.16. The fourth-order valence-electron chi connectivity index (χ4n) is 1.33. The van der Waals surface area contributed by atoms with Gasteiger partial charge in [0.1, 0.15) is 12.1 Å². The standard InChI is InChI=1S/C10H16BrN3O/c1-7(11)4-8(2)14-9-5-10(15-3)13-6-12-9/h5-8H,4H2,1-3H3,(H,12,13,14). The van der Waals surface area contributed by atoms with E-state index >= 15 is 0 Å². The summed E-state index contributed by atoms with van der Waals surface area (Å²) in [5.74, 6) is 1.37. The fraction of sp³-hybridized carbons (Fsp3) is 0.600. The van der Waals surface area contributed by atoms with E-state index in [0.717, 1.165) is 12.2 Å². The van der Waals surface area contributed by atoms with E-state index in [1.165, 1.54) is 6.33 Å². The van der Waals surface area contributed by atoms with Crippen molar-refractivity contribution in [2.45, 2.75) is 31.1 Å². The first kappa shape index (κ1) is 12.2. The zero-order valence-corrected chi connectivity index (χ0v) is 10.8. The van der Waals surface area contributed by atoms with Gasteiger partial charge in [-0.2, -0.15) is 0 Å². The number of nitrogens with one attached hydrogen (secondary N) is 1. The molecule has 5 heteroatoms. The van der Waals surface area contributed by atoms with Gasteiger partial charge in [0.05, 0.1) is 7.11 Å². The minimum absolute atomic E-state index is 0.360. The molecule has 0 aliphatic carbocycles. The van der Waals surface area contributed by atoms with Crippen LogP contribution in [0.25, 0.3) is 0 Å². The largest absolute Gasteiger partial charge is 0.481 e. The van der Waals surface area contributed by atoms with Crippen molar-refractivity contribution in [3.05, 3.63) is 12.4 Å². The molecule has 0 spiro atoms. The van der Waals surface area contributed by atoms with Gasteiger partial charge in [0.15, 0.2) is 0 Å². The lowest BCUT2D eigenvalue weighted by Gasteiger charge is -2.15. The number of nitrogens with zero attached hydrogens (tertiary/aromatic N) is 2. The van der Waals surface area contributed by atoms with Crippen LogP contribution in [-0.2, 0) is 0 Å². The summed E-state index contributed by atoms with van der Waals surface area (Å²) in [7, 11) is 1.59. The van der Waals surface area contributed by atoms with Gasteiger partial charge >= 0.3 is 0 Å². The van der Waals surface area contributed by atoms with Crippen LogP contribution < -0.4 is 10.1 Å². The number of anilines is 1. The molecule has 1 rings (SSSR count). The lowest BCUT2D eigenvalue weighted by molar-refractivity contribution is 0.397. The van der Waals surface area contributed by atoms with Crippen molar-refractivity contribution in [1.29, 1.82) is 0 Å². The van der Waals surface area contributed by atoms with Gasteiger partial charge in [0.2, 0.25) is 5.88 Å². The summed E-state index contributed by atoms with van der Waals surface area (Å²) in [6.07, 6.45) is 2.53. The first-order valence-corrected chi connectivity index (χ1v) is 5.80. The molecule has 15 heavy (non-hydrogen) atoms. The van der Waals surface area contributed by atoms with E-state index in [1.54, 1.807) is 13.2 Å². The third kappa shape index (κ3) is 4.46. The second kappa shape index (κ2) is 5.90. The highest BCUT2D eigenvalue weighted by molar-refractivity contribution is 9.09. The Morgan fingerprint density at radius 3 is 2.80 bits per heavy atom. The molecule has 0 fully saturated rings. The van der Waals surface area contributed by atoms with Gasteiger partial charge in [-0.3, -0.25) is 0 Å². The quantitative estimate of drug-likeness (QED) is 0.838. The molecular weight excluding hydrogens is 258 g/mol. The van der Waals surface area contributed by atoms with E-state index in [-0.39, 0.29) is 0 Å². The van der Waals surface area contributed by atoms with Crippen molar-refractivity contribution in [2.75, 3.05) is 12.4 Å². The number of ether oxygens (including phenoxy) is 1. The highest BCUT2D eigenvalue weighted by atomic mass is 79.9. The Morgan fingerprint density at radius 1 is 1.47 bits per heavy atom. The number of hydrogen-bond donors (Lipinski definition) is 1. The van der Waals surface area contributed by atoms with Crippen LogP contribution in [0.15, 0.2) is 12.4 Å². The lowest BCUT2D eigenvalue weighted by atomic mass is 10.2. The van der Waals surface area contributed by atoms with Crippen molar-refractivity contribution in [2.24, 2.45) is 0 Å². The molecule has 1 N–H and O–H groups in total. The summed E-state index contributed by atoms with van der Waals surface area (Å²) in [5, 5.41) is 3.29. The fourth-order valence-corrected chi connectivity index (χ4v) is 1.89. The predicted octanol–water partition coefficient (Wildman–Crippen LogP) is 2.46. The molecule has 0 saturated heterocycles. The van der Waals surface area contributed by atoms with Crippen LogP contribution in [0.2, 0.25) is 0 Å². The van der Waals surface area contributed by atoms with Crippen LogP contribution in [0.4, 0.5) is 5.82 Å². The first-order chi connectivity index (χ1) is 7.11. The third-order valence-corrected chi connectivity index (χ3v) is 2.30. The average molecular weight is 274 g/mol. The third-order valence-electron chi connectivity index (χ3n) is 1.92. The van der Waals surface area contributed by atoms with Gasteiger partial charge in [-0.1, -0.05) is 22.9 Å². The molecule has 0 bridgehead atoms. The number of hydrogen-bond acceptors (Lipinski definition) is 4. The Labute approximate surface area is 98.6 Å². The molecule has 2 unspecified atom stereocenters. The topological polar surface area (TPSA) is 47.0 Å². The predicted molar refractivity (Wildman–Crippen MR) is 64.7 cm³/mol. The maximum absolute atomic E-state index is 5.02. The highest BCUT2D eigenvalue weighted by Crippen LogP contribution is 2.14. The summed E-state index contributed by atoms with van der Waals surface area (Å²) in [5.41, 5.74) is 0. The van der Waals surface area contributed by atoms with Crippen molar-refractivity contribution < 1.29 is 4.74 Å². The molecule has 0 saturated carbocycles. The summed E-state index contributed by atoms with van der Waals surface area (Å²) < 4.78 is 5.02. The van der Waals surface area contributed by atoms with E-state index in [0.29, 0.717) is 16.7 Å². The molecule has 0 amide bonds. The van der Waals surface area contributed by atoms with Gasteiger partial charge in [-0.15, -0.1) is 0 Å². The molecule has 0 aliphatic rings. The summed E-state index contributed by atoms with van der Waals surface area (Å²) in [4.78, 5) is 8.55. The van der Waals surface area contributed by atoms with Crippen molar-refractivity contribution in [3.8, 4) is 5.88 Å². The summed E-state index contributed by atoms with van der Waals surface area (Å²) >= 11 is 3.52. The smallest absolute Gasteiger partial charge is 0.218 e. The monoisotopic (exact) mass is 273 g/mol. The minimum atomic E-state index is 0.360. The Bertz CT molecular complexity index is 306. The Hall–Kier alpha value is -0.840. The maximum Gasteiger partial charge on any atom is 0.218 e. The number of methoxy groups -OCH3 is 1. The van der Waals surface area contributed by atoms with E-state index in [2.05, 4.69) is 45.1 Å². The molecule has 1 heterocycles. The Morgan fingerprint density at radius 2 is 2.20 bits per heavy atom. The number of halogens is 1.